The van der Waals surface area contributed by atoms with E-state index in [2.05, 4.69) is 10.2 Å². The maximum atomic E-state index is 11.3. The summed E-state index contributed by atoms with van der Waals surface area (Å²) in [5.41, 5.74) is 0.214. The molecule has 0 aliphatic carbocycles. The zero-order valence-corrected chi connectivity index (χ0v) is 14.4. The van der Waals surface area contributed by atoms with Crippen molar-refractivity contribution >= 4 is 23.1 Å². The molecule has 0 amide bonds. The summed E-state index contributed by atoms with van der Waals surface area (Å²) in [6.07, 6.45) is 0. The number of non-ortho nitro benzene ring substituents is 1. The van der Waals surface area contributed by atoms with Gasteiger partial charge in [0.2, 0.25) is 0 Å². The minimum absolute atomic E-state index is 0.266. The van der Waals surface area contributed by atoms with E-state index in [0.29, 0.717) is 17.5 Å². The fourth-order valence-corrected chi connectivity index (χ4v) is 3.37. The Morgan fingerprint density at radius 2 is 1.77 bits per heavy atom. The lowest BCUT2D eigenvalue weighted by molar-refractivity contribution is -0.396. The SMILES string of the molecule is CCn1c(Sc2ccc([N+](=O)[O-])cc2[N+](=O)[O-])nnc1-c1ccccc1. The summed E-state index contributed by atoms with van der Waals surface area (Å²) in [5.74, 6) is 0.653. The van der Waals surface area contributed by atoms with Gasteiger partial charge in [0.05, 0.1) is 20.8 Å². The molecular formula is C16H13N5O4S. The average Bonchev–Trinajstić information content (AvgIpc) is 3.05. The molecule has 0 aliphatic rings. The highest BCUT2D eigenvalue weighted by atomic mass is 32.2. The maximum absolute atomic E-state index is 11.3. The Balaban J connectivity index is 2.01. The standard InChI is InChI=1S/C16H13N5O4S/c1-2-19-15(11-6-4-3-5-7-11)17-18-16(19)26-14-9-8-12(20(22)23)10-13(14)21(24)25/h3-10H,2H2,1H3. The van der Waals surface area contributed by atoms with Gasteiger partial charge in [0, 0.05) is 18.2 Å². The van der Waals surface area contributed by atoms with E-state index in [9.17, 15) is 20.2 Å². The van der Waals surface area contributed by atoms with Crippen molar-refractivity contribution in [1.82, 2.24) is 14.8 Å². The summed E-state index contributed by atoms with van der Waals surface area (Å²) < 4.78 is 1.84. The van der Waals surface area contributed by atoms with Crippen molar-refractivity contribution in [2.24, 2.45) is 0 Å². The van der Waals surface area contributed by atoms with Crippen LogP contribution in [0.15, 0.2) is 58.6 Å². The summed E-state index contributed by atoms with van der Waals surface area (Å²) in [6, 6.07) is 13.0. The number of hydrogen-bond acceptors (Lipinski definition) is 7. The first-order valence-electron chi connectivity index (χ1n) is 7.60. The van der Waals surface area contributed by atoms with Gasteiger partial charge in [0.1, 0.15) is 0 Å². The minimum atomic E-state index is -0.663. The fraction of sp³-hybridized carbons (Fsp3) is 0.125. The van der Waals surface area contributed by atoms with Crippen LogP contribution in [0.5, 0.6) is 0 Å². The number of benzene rings is 2. The number of nitro groups is 2. The van der Waals surface area contributed by atoms with Crippen LogP contribution in [-0.2, 0) is 6.54 Å². The molecule has 9 nitrogen and oxygen atoms in total. The van der Waals surface area contributed by atoms with E-state index in [0.717, 1.165) is 23.4 Å². The van der Waals surface area contributed by atoms with Gasteiger partial charge in [-0.2, -0.15) is 0 Å². The Morgan fingerprint density at radius 1 is 1.04 bits per heavy atom. The van der Waals surface area contributed by atoms with Gasteiger partial charge < -0.3 is 4.57 Å². The molecule has 0 fully saturated rings. The highest BCUT2D eigenvalue weighted by molar-refractivity contribution is 7.99. The van der Waals surface area contributed by atoms with E-state index in [4.69, 9.17) is 0 Å². The normalized spacial score (nSPS) is 10.7. The first kappa shape index (κ1) is 17.5. The smallest absolute Gasteiger partial charge is 0.290 e. The molecule has 0 bridgehead atoms. The van der Waals surface area contributed by atoms with Crippen LogP contribution >= 0.6 is 11.8 Å². The quantitative estimate of drug-likeness (QED) is 0.476. The Kier molecular flexibility index (Phi) is 4.94. The average molecular weight is 371 g/mol. The second-order valence-corrected chi connectivity index (χ2v) is 6.19. The van der Waals surface area contributed by atoms with Gasteiger partial charge in [0.15, 0.2) is 11.0 Å². The lowest BCUT2D eigenvalue weighted by atomic mass is 10.2. The minimum Gasteiger partial charge on any atom is -0.302 e. The Morgan fingerprint density at radius 3 is 2.38 bits per heavy atom. The molecular weight excluding hydrogens is 358 g/mol. The van der Waals surface area contributed by atoms with Crippen molar-refractivity contribution in [3.8, 4) is 11.4 Å². The molecule has 0 spiro atoms. The molecule has 3 rings (SSSR count). The summed E-state index contributed by atoms with van der Waals surface area (Å²) >= 11 is 1.05. The van der Waals surface area contributed by atoms with Crippen LogP contribution in [0.1, 0.15) is 6.92 Å². The van der Waals surface area contributed by atoms with Crippen molar-refractivity contribution < 1.29 is 9.85 Å². The maximum Gasteiger partial charge on any atom is 0.290 e. The number of aromatic nitrogens is 3. The second-order valence-electron chi connectivity index (χ2n) is 5.18. The van der Waals surface area contributed by atoms with Crippen molar-refractivity contribution in [3.63, 3.8) is 0 Å². The second kappa shape index (κ2) is 7.31. The van der Waals surface area contributed by atoms with Gasteiger partial charge in [-0.1, -0.05) is 30.3 Å². The van der Waals surface area contributed by atoms with Crippen molar-refractivity contribution in [2.45, 2.75) is 23.5 Å². The van der Waals surface area contributed by atoms with E-state index < -0.39 is 9.85 Å². The zero-order chi connectivity index (χ0) is 18.7. The third-order valence-corrected chi connectivity index (χ3v) is 4.67. The first-order valence-corrected chi connectivity index (χ1v) is 8.42. The van der Waals surface area contributed by atoms with Gasteiger partial charge in [0.25, 0.3) is 11.4 Å². The monoisotopic (exact) mass is 371 g/mol. The van der Waals surface area contributed by atoms with Gasteiger partial charge in [-0.25, -0.2) is 0 Å². The molecule has 1 aromatic heterocycles. The lowest BCUT2D eigenvalue weighted by Crippen LogP contribution is -2.00. The topological polar surface area (TPSA) is 117 Å². The number of nitro benzene ring substituents is 2. The highest BCUT2D eigenvalue weighted by Crippen LogP contribution is 2.37. The molecule has 10 heteroatoms. The van der Waals surface area contributed by atoms with E-state index in [1.807, 2.05) is 41.8 Å². The molecule has 1 heterocycles. The highest BCUT2D eigenvalue weighted by Gasteiger charge is 2.23. The zero-order valence-electron chi connectivity index (χ0n) is 13.6. The van der Waals surface area contributed by atoms with Crippen LogP contribution in [-0.4, -0.2) is 24.6 Å². The molecule has 3 aromatic rings. The summed E-state index contributed by atoms with van der Waals surface area (Å²) in [7, 11) is 0. The van der Waals surface area contributed by atoms with Crippen molar-refractivity contribution in [3.05, 3.63) is 68.8 Å². The van der Waals surface area contributed by atoms with Crippen LogP contribution in [0.25, 0.3) is 11.4 Å². The molecule has 0 radical (unpaired) electrons. The Labute approximate surface area is 152 Å². The van der Waals surface area contributed by atoms with Crippen molar-refractivity contribution in [2.75, 3.05) is 0 Å². The first-order chi connectivity index (χ1) is 12.5. The van der Waals surface area contributed by atoms with Crippen LogP contribution < -0.4 is 0 Å². The van der Waals surface area contributed by atoms with Crippen molar-refractivity contribution in [1.29, 1.82) is 0 Å². The Bertz CT molecular complexity index is 974. The molecule has 26 heavy (non-hydrogen) atoms. The third-order valence-electron chi connectivity index (χ3n) is 3.62. The predicted octanol–water partition coefficient (Wildman–Crippen LogP) is 3.93. The number of nitrogens with zero attached hydrogens (tertiary/aromatic N) is 5. The van der Waals surface area contributed by atoms with Crippen LogP contribution in [0.4, 0.5) is 11.4 Å². The summed E-state index contributed by atoms with van der Waals surface area (Å²) in [5, 5.41) is 30.9. The molecule has 0 aliphatic heterocycles. The largest absolute Gasteiger partial charge is 0.302 e. The molecule has 0 atom stereocenters. The van der Waals surface area contributed by atoms with Crippen LogP contribution in [0.2, 0.25) is 0 Å². The van der Waals surface area contributed by atoms with Crippen LogP contribution in [0, 0.1) is 20.2 Å². The van der Waals surface area contributed by atoms with E-state index in [1.165, 1.54) is 12.1 Å². The molecule has 0 unspecified atom stereocenters. The van der Waals surface area contributed by atoms with Gasteiger partial charge >= 0.3 is 0 Å². The Hall–Kier alpha value is -3.27. The predicted molar refractivity (Wildman–Crippen MR) is 95.0 cm³/mol. The molecule has 0 saturated carbocycles. The van der Waals surface area contributed by atoms with E-state index in [-0.39, 0.29) is 16.3 Å². The molecule has 0 saturated heterocycles. The summed E-state index contributed by atoms with van der Waals surface area (Å²) in [4.78, 5) is 21.1. The molecule has 0 N–H and O–H groups in total. The summed E-state index contributed by atoms with van der Waals surface area (Å²) in [6.45, 7) is 2.49. The van der Waals surface area contributed by atoms with E-state index in [1.54, 1.807) is 0 Å². The lowest BCUT2D eigenvalue weighted by Gasteiger charge is -2.07. The number of hydrogen-bond donors (Lipinski definition) is 0. The number of rotatable bonds is 6. The van der Waals surface area contributed by atoms with Gasteiger partial charge in [-0.05, 0) is 24.8 Å². The van der Waals surface area contributed by atoms with Crippen LogP contribution in [0.3, 0.4) is 0 Å². The van der Waals surface area contributed by atoms with Gasteiger partial charge in [-0.3, -0.25) is 20.2 Å². The molecule has 2 aromatic carbocycles. The van der Waals surface area contributed by atoms with E-state index >= 15 is 0 Å². The third kappa shape index (κ3) is 3.40. The fourth-order valence-electron chi connectivity index (χ4n) is 2.40. The molecule has 132 valence electrons. The van der Waals surface area contributed by atoms with Gasteiger partial charge in [-0.15, -0.1) is 10.2 Å².